The third-order valence-electron chi connectivity index (χ3n) is 4.74. The van der Waals surface area contributed by atoms with E-state index >= 15 is 0 Å². The fourth-order valence-electron chi connectivity index (χ4n) is 3.36. The van der Waals surface area contributed by atoms with Crippen LogP contribution < -0.4 is 10.6 Å². The lowest BCUT2D eigenvalue weighted by Gasteiger charge is -2.41. The van der Waals surface area contributed by atoms with Crippen LogP contribution in [0.5, 0.6) is 0 Å². The first-order chi connectivity index (χ1) is 11.6. The van der Waals surface area contributed by atoms with Crippen LogP contribution in [-0.4, -0.2) is 31.2 Å². The summed E-state index contributed by atoms with van der Waals surface area (Å²) >= 11 is 0. The van der Waals surface area contributed by atoms with Crippen LogP contribution in [0.15, 0.2) is 30.3 Å². The monoisotopic (exact) mass is 327 g/mol. The number of pyridine rings is 1. The number of methoxy groups -OCH3 is 1. The minimum atomic E-state index is -0.0656. The first-order valence-electron chi connectivity index (χ1n) is 8.47. The molecule has 1 fully saturated rings. The van der Waals surface area contributed by atoms with Gasteiger partial charge in [-0.1, -0.05) is 12.5 Å². The highest BCUT2D eigenvalue weighted by Crippen LogP contribution is 2.40. The Hall–Kier alpha value is -1.98. The van der Waals surface area contributed by atoms with E-state index in [-0.39, 0.29) is 5.91 Å². The Labute approximate surface area is 142 Å². The molecular formula is C19H25N3O2. The summed E-state index contributed by atoms with van der Waals surface area (Å²) in [7, 11) is 1.78. The van der Waals surface area contributed by atoms with Crippen molar-refractivity contribution >= 4 is 22.5 Å². The van der Waals surface area contributed by atoms with Gasteiger partial charge in [-0.05, 0) is 37.1 Å². The number of hydrogen-bond acceptors (Lipinski definition) is 4. The molecule has 5 nitrogen and oxygen atoms in total. The number of rotatable bonds is 7. The topological polar surface area (TPSA) is 63.2 Å². The third-order valence-corrected chi connectivity index (χ3v) is 4.74. The number of benzene rings is 1. The summed E-state index contributed by atoms with van der Waals surface area (Å²) in [6.07, 6.45) is 3.78. The number of nitrogens with zero attached hydrogens (tertiary/aromatic N) is 1. The molecule has 0 spiro atoms. The highest BCUT2D eigenvalue weighted by Gasteiger charge is 2.36. The van der Waals surface area contributed by atoms with Gasteiger partial charge in [-0.15, -0.1) is 0 Å². The standard InChI is InChI=1S/C19H25N3O2/c1-14(23)21-16-6-7-18-15(10-16)4-5-17(22-18)11-20-12-19(13-24-2)8-3-9-19/h4-7,10,20H,3,8-9,11-13H2,1-2H3,(H,21,23). The zero-order valence-corrected chi connectivity index (χ0v) is 14.4. The second-order valence-electron chi connectivity index (χ2n) is 6.78. The number of fused-ring (bicyclic) bond motifs is 1. The van der Waals surface area contributed by atoms with E-state index in [0.29, 0.717) is 5.41 Å². The van der Waals surface area contributed by atoms with Crippen LogP contribution in [-0.2, 0) is 16.1 Å². The van der Waals surface area contributed by atoms with Gasteiger partial charge in [0.25, 0.3) is 0 Å². The number of anilines is 1. The summed E-state index contributed by atoms with van der Waals surface area (Å²) in [4.78, 5) is 15.8. The SMILES string of the molecule is COCC1(CNCc2ccc3cc(NC(C)=O)ccc3n2)CCC1. The van der Waals surface area contributed by atoms with E-state index < -0.39 is 0 Å². The van der Waals surface area contributed by atoms with Gasteiger partial charge in [0.2, 0.25) is 5.91 Å². The van der Waals surface area contributed by atoms with E-state index in [2.05, 4.69) is 16.7 Å². The molecule has 1 aliphatic carbocycles. The van der Waals surface area contributed by atoms with Crippen molar-refractivity contribution in [2.75, 3.05) is 25.6 Å². The van der Waals surface area contributed by atoms with Gasteiger partial charge in [0, 0.05) is 43.6 Å². The molecule has 1 amide bonds. The maximum atomic E-state index is 11.1. The molecule has 1 saturated carbocycles. The summed E-state index contributed by atoms with van der Waals surface area (Å²) in [6, 6.07) is 9.87. The van der Waals surface area contributed by atoms with Gasteiger partial charge in [-0.2, -0.15) is 0 Å². The fourth-order valence-corrected chi connectivity index (χ4v) is 3.36. The Morgan fingerprint density at radius 2 is 2.12 bits per heavy atom. The first-order valence-corrected chi connectivity index (χ1v) is 8.47. The molecule has 2 N–H and O–H groups in total. The second-order valence-corrected chi connectivity index (χ2v) is 6.78. The van der Waals surface area contributed by atoms with Crippen LogP contribution in [0.2, 0.25) is 0 Å². The molecule has 3 rings (SSSR count). The normalized spacial score (nSPS) is 15.9. The van der Waals surface area contributed by atoms with Crippen molar-refractivity contribution in [2.45, 2.75) is 32.7 Å². The molecule has 1 heterocycles. The number of carbonyl (C=O) groups is 1. The van der Waals surface area contributed by atoms with Crippen molar-refractivity contribution in [2.24, 2.45) is 5.41 Å². The summed E-state index contributed by atoms with van der Waals surface area (Å²) in [5, 5.41) is 7.36. The Bertz CT molecular complexity index is 726. The molecule has 1 aromatic carbocycles. The molecule has 0 radical (unpaired) electrons. The smallest absolute Gasteiger partial charge is 0.221 e. The van der Waals surface area contributed by atoms with Crippen LogP contribution in [0.4, 0.5) is 5.69 Å². The Balaban J connectivity index is 1.62. The summed E-state index contributed by atoms with van der Waals surface area (Å²) in [5.41, 5.74) is 3.09. The summed E-state index contributed by atoms with van der Waals surface area (Å²) in [5.74, 6) is -0.0656. The number of nitrogens with one attached hydrogen (secondary N) is 2. The van der Waals surface area contributed by atoms with Gasteiger partial charge >= 0.3 is 0 Å². The summed E-state index contributed by atoms with van der Waals surface area (Å²) < 4.78 is 5.36. The molecule has 0 atom stereocenters. The van der Waals surface area contributed by atoms with Gasteiger partial charge in [0.1, 0.15) is 0 Å². The molecule has 1 aromatic heterocycles. The van der Waals surface area contributed by atoms with Gasteiger partial charge in [0.15, 0.2) is 0 Å². The average Bonchev–Trinajstić information content (AvgIpc) is 2.52. The second kappa shape index (κ2) is 7.28. The lowest BCUT2D eigenvalue weighted by atomic mass is 9.69. The van der Waals surface area contributed by atoms with Gasteiger partial charge in [0.05, 0.1) is 17.8 Å². The van der Waals surface area contributed by atoms with Crippen LogP contribution in [0.25, 0.3) is 10.9 Å². The minimum absolute atomic E-state index is 0.0656. The lowest BCUT2D eigenvalue weighted by Crippen LogP contribution is -2.43. The number of carbonyl (C=O) groups excluding carboxylic acids is 1. The highest BCUT2D eigenvalue weighted by molar-refractivity contribution is 5.92. The predicted molar refractivity (Wildman–Crippen MR) is 95.9 cm³/mol. The molecule has 5 heteroatoms. The van der Waals surface area contributed by atoms with Gasteiger partial charge in [-0.3, -0.25) is 9.78 Å². The quantitative estimate of drug-likeness (QED) is 0.820. The first kappa shape index (κ1) is 16.9. The lowest BCUT2D eigenvalue weighted by molar-refractivity contribution is -0.114. The third kappa shape index (κ3) is 3.91. The fraction of sp³-hybridized carbons (Fsp3) is 0.474. The van der Waals surface area contributed by atoms with Crippen molar-refractivity contribution in [3.63, 3.8) is 0 Å². The van der Waals surface area contributed by atoms with Gasteiger partial charge in [-0.25, -0.2) is 0 Å². The number of aromatic nitrogens is 1. The van der Waals surface area contributed by atoms with Gasteiger partial charge < -0.3 is 15.4 Å². The highest BCUT2D eigenvalue weighted by atomic mass is 16.5. The van der Waals surface area contributed by atoms with E-state index in [9.17, 15) is 4.79 Å². The summed E-state index contributed by atoms with van der Waals surface area (Å²) in [6.45, 7) is 4.07. The zero-order valence-electron chi connectivity index (χ0n) is 14.4. The maximum absolute atomic E-state index is 11.1. The number of ether oxygens (including phenoxy) is 1. The van der Waals surface area contributed by atoms with Crippen LogP contribution in [0, 0.1) is 5.41 Å². The largest absolute Gasteiger partial charge is 0.384 e. The minimum Gasteiger partial charge on any atom is -0.384 e. The Morgan fingerprint density at radius 3 is 2.79 bits per heavy atom. The molecule has 24 heavy (non-hydrogen) atoms. The number of hydrogen-bond donors (Lipinski definition) is 2. The van der Waals surface area contributed by atoms with E-state index in [1.54, 1.807) is 7.11 Å². The molecule has 0 bridgehead atoms. The van der Waals surface area contributed by atoms with E-state index in [0.717, 1.165) is 42.0 Å². The van der Waals surface area contributed by atoms with Crippen molar-refractivity contribution in [3.05, 3.63) is 36.0 Å². The van der Waals surface area contributed by atoms with E-state index in [4.69, 9.17) is 9.72 Å². The Kier molecular flexibility index (Phi) is 5.11. The molecule has 2 aromatic rings. The van der Waals surface area contributed by atoms with Crippen molar-refractivity contribution in [1.29, 1.82) is 0 Å². The predicted octanol–water partition coefficient (Wildman–Crippen LogP) is 3.10. The zero-order chi connectivity index (χ0) is 17.0. The number of amides is 1. The maximum Gasteiger partial charge on any atom is 0.221 e. The molecule has 128 valence electrons. The van der Waals surface area contributed by atoms with Crippen LogP contribution >= 0.6 is 0 Å². The average molecular weight is 327 g/mol. The van der Waals surface area contributed by atoms with Crippen LogP contribution in [0.1, 0.15) is 31.9 Å². The molecule has 0 aliphatic heterocycles. The molecule has 1 aliphatic rings. The Morgan fingerprint density at radius 1 is 1.29 bits per heavy atom. The van der Waals surface area contributed by atoms with Crippen molar-refractivity contribution < 1.29 is 9.53 Å². The molecular weight excluding hydrogens is 302 g/mol. The van der Waals surface area contributed by atoms with Crippen LogP contribution in [0.3, 0.4) is 0 Å². The van der Waals surface area contributed by atoms with E-state index in [1.165, 1.54) is 26.2 Å². The van der Waals surface area contributed by atoms with E-state index in [1.807, 2.05) is 24.3 Å². The molecule has 0 unspecified atom stereocenters. The van der Waals surface area contributed by atoms with Crippen molar-refractivity contribution in [1.82, 2.24) is 10.3 Å². The van der Waals surface area contributed by atoms with Crippen molar-refractivity contribution in [3.8, 4) is 0 Å². The molecule has 0 saturated heterocycles.